The van der Waals surface area contributed by atoms with E-state index in [0.717, 1.165) is 40.9 Å². The highest BCUT2D eigenvalue weighted by Gasteiger charge is 2.19. The number of hydrogen-bond acceptors (Lipinski definition) is 6. The molecule has 4 aromatic rings. The largest absolute Gasteiger partial charge is 0.493 e. The average molecular weight is 488 g/mol. The number of morpholine rings is 1. The molecule has 1 fully saturated rings. The van der Waals surface area contributed by atoms with Gasteiger partial charge in [-0.25, -0.2) is 9.37 Å². The second-order valence-electron chi connectivity index (χ2n) is 8.22. The minimum Gasteiger partial charge on any atom is -0.493 e. The van der Waals surface area contributed by atoms with E-state index in [2.05, 4.69) is 21.7 Å². The molecule has 36 heavy (non-hydrogen) atoms. The van der Waals surface area contributed by atoms with Crippen molar-refractivity contribution in [2.45, 2.75) is 0 Å². The van der Waals surface area contributed by atoms with Crippen LogP contribution in [0.2, 0.25) is 0 Å². The molecule has 0 radical (unpaired) electrons. The monoisotopic (exact) mass is 487 g/mol. The minimum atomic E-state index is -0.342. The predicted molar refractivity (Wildman–Crippen MR) is 137 cm³/mol. The summed E-state index contributed by atoms with van der Waals surface area (Å²) in [6, 6.07) is 14.2. The number of ether oxygens (including phenoxy) is 4. The zero-order valence-electron chi connectivity index (χ0n) is 20.4. The van der Waals surface area contributed by atoms with Crippen LogP contribution in [-0.4, -0.2) is 57.6 Å². The highest BCUT2D eigenvalue weighted by atomic mass is 19.1. The first-order valence-corrected chi connectivity index (χ1v) is 11.5. The highest BCUT2D eigenvalue weighted by Crippen LogP contribution is 2.41. The number of methoxy groups -OCH3 is 3. The Labute approximate surface area is 208 Å². The summed E-state index contributed by atoms with van der Waals surface area (Å²) in [6.07, 6.45) is 0. The second-order valence-corrected chi connectivity index (χ2v) is 8.22. The lowest BCUT2D eigenvalue weighted by Crippen LogP contribution is -2.36. The fourth-order valence-electron chi connectivity index (χ4n) is 4.26. The molecule has 5 rings (SSSR count). The number of nitrogens with zero attached hydrogens (tertiary/aromatic N) is 2. The van der Waals surface area contributed by atoms with Crippen molar-refractivity contribution in [3.05, 3.63) is 65.5 Å². The summed E-state index contributed by atoms with van der Waals surface area (Å²) in [5.74, 6) is 8.07. The van der Waals surface area contributed by atoms with Crippen LogP contribution in [0.1, 0.15) is 11.1 Å². The van der Waals surface area contributed by atoms with Gasteiger partial charge in [0.25, 0.3) is 0 Å². The molecule has 0 aliphatic carbocycles. The van der Waals surface area contributed by atoms with Gasteiger partial charge in [0, 0.05) is 18.7 Å². The number of benzene rings is 3. The van der Waals surface area contributed by atoms with Gasteiger partial charge in [0.15, 0.2) is 11.5 Å². The molecule has 0 amide bonds. The third-order valence-electron chi connectivity index (χ3n) is 6.09. The van der Waals surface area contributed by atoms with Gasteiger partial charge in [-0.15, -0.1) is 0 Å². The van der Waals surface area contributed by atoms with Gasteiger partial charge in [-0.05, 0) is 36.4 Å². The average Bonchev–Trinajstić information content (AvgIpc) is 3.34. The standard InChI is InChI=1S/C28H26FN3O4/c1-33-25-15-20(16-26(34-2)27(25)35-3)28-30-22-14-19(9-8-18-6-4-5-7-21(18)29)24(17-23(22)31-28)32-10-12-36-13-11-32/h4-7,14-17H,10-13H2,1-3H3,(H,30,31). The van der Waals surface area contributed by atoms with E-state index < -0.39 is 0 Å². The molecule has 3 aromatic carbocycles. The molecule has 0 saturated carbocycles. The zero-order valence-corrected chi connectivity index (χ0v) is 20.4. The fraction of sp³-hybridized carbons (Fsp3) is 0.250. The van der Waals surface area contributed by atoms with Crippen molar-refractivity contribution in [2.75, 3.05) is 52.5 Å². The number of aromatic nitrogens is 2. The van der Waals surface area contributed by atoms with Crippen LogP contribution >= 0.6 is 0 Å². The molecule has 0 atom stereocenters. The molecule has 8 heteroatoms. The Balaban J connectivity index is 1.62. The molecule has 1 saturated heterocycles. The van der Waals surface area contributed by atoms with Crippen LogP contribution in [0.15, 0.2) is 48.5 Å². The quantitative estimate of drug-likeness (QED) is 0.414. The van der Waals surface area contributed by atoms with E-state index in [1.165, 1.54) is 6.07 Å². The van der Waals surface area contributed by atoms with Crippen LogP contribution in [0.3, 0.4) is 0 Å². The summed E-state index contributed by atoms with van der Waals surface area (Å²) in [5.41, 5.74) is 4.47. The molecule has 2 heterocycles. The third-order valence-corrected chi connectivity index (χ3v) is 6.09. The number of fused-ring (bicyclic) bond motifs is 1. The number of anilines is 1. The van der Waals surface area contributed by atoms with Crippen LogP contribution in [0, 0.1) is 17.7 Å². The maximum absolute atomic E-state index is 14.2. The van der Waals surface area contributed by atoms with Crippen molar-refractivity contribution >= 4 is 16.7 Å². The van der Waals surface area contributed by atoms with Crippen molar-refractivity contribution in [1.29, 1.82) is 0 Å². The summed E-state index contributed by atoms with van der Waals surface area (Å²) in [6.45, 7) is 2.75. The Morgan fingerprint density at radius 1 is 0.917 bits per heavy atom. The minimum absolute atomic E-state index is 0.342. The van der Waals surface area contributed by atoms with E-state index in [0.29, 0.717) is 41.9 Å². The number of nitrogens with one attached hydrogen (secondary N) is 1. The van der Waals surface area contributed by atoms with Crippen LogP contribution in [0.5, 0.6) is 17.2 Å². The van der Waals surface area contributed by atoms with Crippen molar-refractivity contribution < 1.29 is 23.3 Å². The van der Waals surface area contributed by atoms with Gasteiger partial charge in [0.2, 0.25) is 5.75 Å². The van der Waals surface area contributed by atoms with Gasteiger partial charge in [-0.1, -0.05) is 24.0 Å². The summed E-state index contributed by atoms with van der Waals surface area (Å²) in [5, 5.41) is 0. The number of aromatic amines is 1. The lowest BCUT2D eigenvalue weighted by molar-refractivity contribution is 0.122. The maximum Gasteiger partial charge on any atom is 0.203 e. The highest BCUT2D eigenvalue weighted by molar-refractivity contribution is 5.87. The normalized spacial score (nSPS) is 13.3. The van der Waals surface area contributed by atoms with E-state index in [4.69, 9.17) is 23.9 Å². The molecule has 1 aromatic heterocycles. The van der Waals surface area contributed by atoms with Crippen LogP contribution in [-0.2, 0) is 4.74 Å². The molecule has 1 aliphatic heterocycles. The zero-order chi connectivity index (χ0) is 25.1. The van der Waals surface area contributed by atoms with Gasteiger partial charge in [-0.3, -0.25) is 0 Å². The van der Waals surface area contributed by atoms with E-state index in [1.54, 1.807) is 39.5 Å². The number of halogens is 1. The predicted octanol–water partition coefficient (Wildman–Crippen LogP) is 4.63. The molecular formula is C28H26FN3O4. The molecule has 184 valence electrons. The van der Waals surface area contributed by atoms with E-state index in [9.17, 15) is 4.39 Å². The summed E-state index contributed by atoms with van der Waals surface area (Å²) >= 11 is 0. The molecule has 0 unspecified atom stereocenters. The molecular weight excluding hydrogens is 461 g/mol. The van der Waals surface area contributed by atoms with E-state index >= 15 is 0 Å². The van der Waals surface area contributed by atoms with Crippen molar-refractivity contribution in [2.24, 2.45) is 0 Å². The first kappa shape index (κ1) is 23.5. The van der Waals surface area contributed by atoms with Gasteiger partial charge < -0.3 is 28.8 Å². The molecule has 0 bridgehead atoms. The lowest BCUT2D eigenvalue weighted by atomic mass is 10.1. The van der Waals surface area contributed by atoms with Gasteiger partial charge in [0.1, 0.15) is 11.6 Å². The third kappa shape index (κ3) is 4.53. The van der Waals surface area contributed by atoms with Crippen LogP contribution < -0.4 is 19.1 Å². The van der Waals surface area contributed by atoms with Crippen molar-refractivity contribution in [3.63, 3.8) is 0 Å². The van der Waals surface area contributed by atoms with Crippen LogP contribution in [0.4, 0.5) is 10.1 Å². The molecule has 7 nitrogen and oxygen atoms in total. The van der Waals surface area contributed by atoms with Crippen molar-refractivity contribution in [1.82, 2.24) is 9.97 Å². The van der Waals surface area contributed by atoms with Gasteiger partial charge >= 0.3 is 0 Å². The number of hydrogen-bond donors (Lipinski definition) is 1. The number of imidazole rings is 1. The number of rotatable bonds is 5. The first-order valence-electron chi connectivity index (χ1n) is 11.5. The molecule has 1 aliphatic rings. The van der Waals surface area contributed by atoms with E-state index in [-0.39, 0.29) is 5.82 Å². The fourth-order valence-corrected chi connectivity index (χ4v) is 4.26. The summed E-state index contributed by atoms with van der Waals surface area (Å²) in [7, 11) is 4.72. The molecule has 1 N–H and O–H groups in total. The SMILES string of the molecule is COc1cc(-c2nc3cc(N4CCOCC4)c(C#Cc4ccccc4F)cc3[nH]2)cc(OC)c1OC. The Hall–Kier alpha value is -4.22. The van der Waals surface area contributed by atoms with Gasteiger partial charge in [0.05, 0.1) is 62.4 Å². The smallest absolute Gasteiger partial charge is 0.203 e. The second kappa shape index (κ2) is 10.2. The molecule has 0 spiro atoms. The Bertz CT molecular complexity index is 1440. The van der Waals surface area contributed by atoms with Crippen molar-refractivity contribution in [3.8, 4) is 40.5 Å². The summed E-state index contributed by atoms with van der Waals surface area (Å²) in [4.78, 5) is 10.5. The Morgan fingerprint density at radius 2 is 1.61 bits per heavy atom. The topological polar surface area (TPSA) is 68.8 Å². The summed E-state index contributed by atoms with van der Waals surface area (Å²) < 4.78 is 36.2. The number of H-pyrrole nitrogens is 1. The first-order chi connectivity index (χ1) is 17.6. The van der Waals surface area contributed by atoms with Crippen LogP contribution in [0.25, 0.3) is 22.4 Å². The van der Waals surface area contributed by atoms with E-state index in [1.807, 2.05) is 24.3 Å². The maximum atomic E-state index is 14.2. The Kier molecular flexibility index (Phi) is 6.65. The Morgan fingerprint density at radius 3 is 2.28 bits per heavy atom. The van der Waals surface area contributed by atoms with Gasteiger partial charge in [-0.2, -0.15) is 0 Å². The lowest BCUT2D eigenvalue weighted by Gasteiger charge is -2.29.